The summed E-state index contributed by atoms with van der Waals surface area (Å²) in [6.07, 6.45) is -0.589. The van der Waals surface area contributed by atoms with Crippen LogP contribution in [0, 0.1) is 0 Å². The Balaban J connectivity index is 2.33. The maximum atomic E-state index is 12.4. The highest BCUT2D eigenvalue weighted by Gasteiger charge is 2.27. The number of rotatable bonds is 4. The summed E-state index contributed by atoms with van der Waals surface area (Å²) in [6.45, 7) is 1.21. The van der Waals surface area contributed by atoms with Crippen LogP contribution >= 0.6 is 15.9 Å². The molecule has 1 aromatic rings. The molecule has 1 fully saturated rings. The highest BCUT2D eigenvalue weighted by molar-refractivity contribution is 9.10. The van der Waals surface area contributed by atoms with Gasteiger partial charge in [0.2, 0.25) is 0 Å². The molecule has 0 bridgehead atoms. The third kappa shape index (κ3) is 3.08. The smallest absolute Gasteiger partial charge is 0.197 e. The third-order valence-corrected chi connectivity index (χ3v) is 3.47. The summed E-state index contributed by atoms with van der Waals surface area (Å²) in [4.78, 5) is 12.4. The fourth-order valence-corrected chi connectivity index (χ4v) is 2.35. The average Bonchev–Trinajstić information content (AvgIpc) is 2.47. The molecule has 0 aromatic heterocycles. The van der Waals surface area contributed by atoms with Crippen molar-refractivity contribution >= 4 is 21.7 Å². The lowest BCUT2D eigenvalue weighted by molar-refractivity contribution is -0.0719. The van der Waals surface area contributed by atoms with Crippen LogP contribution in [0.5, 0.6) is 11.5 Å². The molecule has 1 atom stereocenters. The molecule has 1 heterocycles. The number of ether oxygens (including phenoxy) is 4. The van der Waals surface area contributed by atoms with Gasteiger partial charge in [0.15, 0.2) is 5.78 Å². The van der Waals surface area contributed by atoms with Crippen molar-refractivity contribution in [2.45, 2.75) is 6.10 Å². The van der Waals surface area contributed by atoms with Crippen LogP contribution < -0.4 is 9.47 Å². The number of methoxy groups -OCH3 is 2. The fourth-order valence-electron chi connectivity index (χ4n) is 1.87. The van der Waals surface area contributed by atoms with Crippen LogP contribution in [-0.4, -0.2) is 45.9 Å². The lowest BCUT2D eigenvalue weighted by Crippen LogP contribution is -2.35. The van der Waals surface area contributed by atoms with Crippen molar-refractivity contribution in [2.75, 3.05) is 34.0 Å². The number of halogens is 1. The summed E-state index contributed by atoms with van der Waals surface area (Å²) in [5.41, 5.74) is 0.429. The van der Waals surface area contributed by atoms with Gasteiger partial charge in [0.05, 0.1) is 44.1 Å². The summed E-state index contributed by atoms with van der Waals surface area (Å²) in [5.74, 6) is 0.884. The standard InChI is InChI=1S/C13H15BrO5/c1-16-10-6-9(14)11(17-2)5-8(10)13(15)12-7-18-3-4-19-12/h5-6,12H,3-4,7H2,1-2H3. The molecule has 1 aromatic carbocycles. The molecule has 6 heteroatoms. The number of carbonyl (C=O) groups is 1. The van der Waals surface area contributed by atoms with Crippen molar-refractivity contribution in [1.82, 2.24) is 0 Å². The quantitative estimate of drug-likeness (QED) is 0.791. The molecule has 0 aliphatic carbocycles. The predicted molar refractivity (Wildman–Crippen MR) is 72.1 cm³/mol. The number of carbonyl (C=O) groups excluding carboxylic acids is 1. The molecule has 0 amide bonds. The number of hydrogen-bond donors (Lipinski definition) is 0. The maximum absolute atomic E-state index is 12.4. The van der Waals surface area contributed by atoms with Gasteiger partial charge in [0, 0.05) is 0 Å². The second kappa shape index (κ2) is 6.36. The Hall–Kier alpha value is -1.11. The summed E-state index contributed by atoms with van der Waals surface area (Å²) in [7, 11) is 3.06. The van der Waals surface area contributed by atoms with Crippen LogP contribution in [0.15, 0.2) is 16.6 Å². The van der Waals surface area contributed by atoms with Gasteiger partial charge in [0.25, 0.3) is 0 Å². The van der Waals surface area contributed by atoms with Crippen molar-refractivity contribution in [1.29, 1.82) is 0 Å². The Bertz CT molecular complexity index is 468. The molecule has 19 heavy (non-hydrogen) atoms. The van der Waals surface area contributed by atoms with E-state index in [1.807, 2.05) is 0 Å². The second-order valence-corrected chi connectivity index (χ2v) is 4.84. The van der Waals surface area contributed by atoms with Gasteiger partial charge >= 0.3 is 0 Å². The first-order valence-corrected chi connectivity index (χ1v) is 6.61. The molecule has 0 saturated carbocycles. The molecule has 1 aliphatic rings. The van der Waals surface area contributed by atoms with Gasteiger partial charge < -0.3 is 18.9 Å². The Kier molecular flexibility index (Phi) is 4.79. The Morgan fingerprint density at radius 2 is 2.00 bits per heavy atom. The van der Waals surface area contributed by atoms with E-state index in [9.17, 15) is 4.79 Å². The number of ketones is 1. The fraction of sp³-hybridized carbons (Fsp3) is 0.462. The summed E-state index contributed by atoms with van der Waals surface area (Å²) >= 11 is 3.36. The Labute approximate surface area is 119 Å². The second-order valence-electron chi connectivity index (χ2n) is 3.99. The van der Waals surface area contributed by atoms with Crippen molar-refractivity contribution in [3.8, 4) is 11.5 Å². The Morgan fingerprint density at radius 3 is 2.58 bits per heavy atom. The van der Waals surface area contributed by atoms with E-state index in [4.69, 9.17) is 18.9 Å². The van der Waals surface area contributed by atoms with Crippen molar-refractivity contribution in [2.24, 2.45) is 0 Å². The summed E-state index contributed by atoms with van der Waals surface area (Å²) in [6, 6.07) is 3.35. The highest BCUT2D eigenvalue weighted by atomic mass is 79.9. The zero-order chi connectivity index (χ0) is 13.8. The molecule has 5 nitrogen and oxygen atoms in total. The molecule has 0 radical (unpaired) electrons. The average molecular weight is 331 g/mol. The first-order valence-electron chi connectivity index (χ1n) is 5.82. The van der Waals surface area contributed by atoms with Gasteiger partial charge in [-0.3, -0.25) is 4.79 Å². The van der Waals surface area contributed by atoms with E-state index >= 15 is 0 Å². The van der Waals surface area contributed by atoms with E-state index in [2.05, 4.69) is 15.9 Å². The molecule has 0 spiro atoms. The number of Topliss-reactive ketones (excluding diaryl/α,β-unsaturated/α-hetero) is 1. The van der Waals surface area contributed by atoms with E-state index in [1.165, 1.54) is 7.11 Å². The van der Waals surface area contributed by atoms with Gasteiger partial charge in [0.1, 0.15) is 17.6 Å². The van der Waals surface area contributed by atoms with Gasteiger partial charge in [-0.05, 0) is 28.1 Å². The molecule has 1 aliphatic heterocycles. The first-order chi connectivity index (χ1) is 9.17. The monoisotopic (exact) mass is 330 g/mol. The molecule has 0 N–H and O–H groups in total. The number of benzene rings is 1. The summed E-state index contributed by atoms with van der Waals surface area (Å²) < 4.78 is 21.8. The van der Waals surface area contributed by atoms with E-state index in [0.717, 1.165) is 4.47 Å². The van der Waals surface area contributed by atoms with Crippen LogP contribution in [-0.2, 0) is 9.47 Å². The lowest BCUT2D eigenvalue weighted by atomic mass is 10.0. The van der Waals surface area contributed by atoms with E-state index in [-0.39, 0.29) is 12.4 Å². The molecule has 2 rings (SSSR count). The van der Waals surface area contributed by atoms with Crippen molar-refractivity contribution < 1.29 is 23.7 Å². The van der Waals surface area contributed by atoms with E-state index < -0.39 is 6.10 Å². The van der Waals surface area contributed by atoms with Gasteiger partial charge in [-0.1, -0.05) is 0 Å². The molecule has 104 valence electrons. The topological polar surface area (TPSA) is 54.0 Å². The van der Waals surface area contributed by atoms with Gasteiger partial charge in [-0.2, -0.15) is 0 Å². The molecule has 1 unspecified atom stereocenters. The van der Waals surface area contributed by atoms with E-state index in [1.54, 1.807) is 19.2 Å². The van der Waals surface area contributed by atoms with Crippen LogP contribution in [0.2, 0.25) is 0 Å². The van der Waals surface area contributed by atoms with Crippen LogP contribution in [0.1, 0.15) is 10.4 Å². The largest absolute Gasteiger partial charge is 0.496 e. The molecular weight excluding hydrogens is 316 g/mol. The normalized spacial score (nSPS) is 19.0. The molecule has 1 saturated heterocycles. The molecular formula is C13H15BrO5. The lowest BCUT2D eigenvalue weighted by Gasteiger charge is -2.22. The van der Waals surface area contributed by atoms with Crippen LogP contribution in [0.4, 0.5) is 0 Å². The van der Waals surface area contributed by atoms with Crippen molar-refractivity contribution in [3.05, 3.63) is 22.2 Å². The van der Waals surface area contributed by atoms with Crippen molar-refractivity contribution in [3.63, 3.8) is 0 Å². The minimum absolute atomic E-state index is 0.164. The minimum Gasteiger partial charge on any atom is -0.496 e. The SMILES string of the molecule is COc1cc(C(=O)C2COCCO2)c(OC)cc1Br. The predicted octanol–water partition coefficient (Wildman–Crippen LogP) is 2.06. The zero-order valence-corrected chi connectivity index (χ0v) is 12.4. The zero-order valence-electron chi connectivity index (χ0n) is 10.8. The van der Waals surface area contributed by atoms with Gasteiger partial charge in [-0.25, -0.2) is 0 Å². The minimum atomic E-state index is -0.589. The summed E-state index contributed by atoms with van der Waals surface area (Å²) in [5, 5.41) is 0. The highest BCUT2D eigenvalue weighted by Crippen LogP contribution is 2.33. The first kappa shape index (κ1) is 14.3. The maximum Gasteiger partial charge on any atom is 0.197 e. The third-order valence-electron chi connectivity index (χ3n) is 2.85. The van der Waals surface area contributed by atoms with Gasteiger partial charge in [-0.15, -0.1) is 0 Å². The van der Waals surface area contributed by atoms with Crippen LogP contribution in [0.25, 0.3) is 0 Å². The van der Waals surface area contributed by atoms with E-state index in [0.29, 0.717) is 30.3 Å². The Morgan fingerprint density at radius 1 is 1.26 bits per heavy atom. The number of hydrogen-bond acceptors (Lipinski definition) is 5. The van der Waals surface area contributed by atoms with Crippen LogP contribution in [0.3, 0.4) is 0 Å².